The Morgan fingerprint density at radius 1 is 1.39 bits per heavy atom. The minimum atomic E-state index is -0.856. The molecule has 1 amide bonds. The van der Waals surface area contributed by atoms with Gasteiger partial charge in [-0.2, -0.15) is 11.3 Å². The molecule has 0 radical (unpaired) electrons. The number of amides is 1. The fourth-order valence-corrected chi connectivity index (χ4v) is 2.57. The van der Waals surface area contributed by atoms with Gasteiger partial charge in [-0.15, -0.1) is 0 Å². The summed E-state index contributed by atoms with van der Waals surface area (Å²) in [7, 11) is 0. The maximum absolute atomic E-state index is 11.8. The van der Waals surface area contributed by atoms with E-state index < -0.39 is 11.9 Å². The summed E-state index contributed by atoms with van der Waals surface area (Å²) in [6, 6.07) is 0. The molecule has 1 aromatic rings. The van der Waals surface area contributed by atoms with E-state index in [0.717, 1.165) is 5.56 Å². The lowest BCUT2D eigenvalue weighted by Crippen LogP contribution is -2.33. The number of hydrogen-bond acceptors (Lipinski definition) is 3. The maximum Gasteiger partial charge on any atom is 0.308 e. The summed E-state index contributed by atoms with van der Waals surface area (Å²) >= 11 is 1.47. The second-order valence-electron chi connectivity index (χ2n) is 4.84. The molecule has 1 atom stereocenters. The van der Waals surface area contributed by atoms with Crippen molar-refractivity contribution in [1.29, 1.82) is 0 Å². The SMILES string of the molecule is Cc1cscc1C(=O)NCC(CC(C)C)C(=O)O. The molecule has 0 aromatic carbocycles. The Kier molecular flexibility index (Phi) is 5.34. The fraction of sp³-hybridized carbons (Fsp3) is 0.538. The monoisotopic (exact) mass is 269 g/mol. The smallest absolute Gasteiger partial charge is 0.308 e. The number of nitrogens with one attached hydrogen (secondary N) is 1. The van der Waals surface area contributed by atoms with Crippen LogP contribution in [-0.4, -0.2) is 23.5 Å². The van der Waals surface area contributed by atoms with Crippen molar-refractivity contribution in [2.75, 3.05) is 6.54 Å². The van der Waals surface area contributed by atoms with Crippen LogP contribution in [0, 0.1) is 18.8 Å². The first-order valence-corrected chi connectivity index (χ1v) is 6.90. The van der Waals surface area contributed by atoms with Gasteiger partial charge < -0.3 is 10.4 Å². The second-order valence-corrected chi connectivity index (χ2v) is 5.59. The van der Waals surface area contributed by atoms with Crippen molar-refractivity contribution in [3.63, 3.8) is 0 Å². The lowest BCUT2D eigenvalue weighted by atomic mass is 9.97. The molecule has 100 valence electrons. The van der Waals surface area contributed by atoms with Crippen molar-refractivity contribution >= 4 is 23.2 Å². The topological polar surface area (TPSA) is 66.4 Å². The van der Waals surface area contributed by atoms with E-state index in [1.165, 1.54) is 11.3 Å². The molecule has 0 saturated heterocycles. The van der Waals surface area contributed by atoms with Crippen LogP contribution in [-0.2, 0) is 4.79 Å². The highest BCUT2D eigenvalue weighted by atomic mass is 32.1. The molecular formula is C13H19NO3S. The maximum atomic E-state index is 11.8. The highest BCUT2D eigenvalue weighted by Gasteiger charge is 2.20. The average molecular weight is 269 g/mol. The first-order chi connectivity index (χ1) is 8.41. The molecule has 0 aliphatic rings. The van der Waals surface area contributed by atoms with Gasteiger partial charge in [0, 0.05) is 11.9 Å². The van der Waals surface area contributed by atoms with Crippen molar-refractivity contribution in [1.82, 2.24) is 5.32 Å². The molecule has 0 bridgehead atoms. The molecule has 0 saturated carbocycles. The van der Waals surface area contributed by atoms with Gasteiger partial charge >= 0.3 is 5.97 Å². The van der Waals surface area contributed by atoms with E-state index in [2.05, 4.69) is 5.32 Å². The molecule has 2 N–H and O–H groups in total. The molecule has 4 nitrogen and oxygen atoms in total. The lowest BCUT2D eigenvalue weighted by Gasteiger charge is -2.15. The lowest BCUT2D eigenvalue weighted by molar-refractivity contribution is -0.142. The van der Waals surface area contributed by atoms with Crippen molar-refractivity contribution in [3.05, 3.63) is 21.9 Å². The van der Waals surface area contributed by atoms with Gasteiger partial charge in [0.15, 0.2) is 0 Å². The molecule has 0 fully saturated rings. The van der Waals surface area contributed by atoms with Gasteiger partial charge in [0.2, 0.25) is 0 Å². The highest BCUT2D eigenvalue weighted by molar-refractivity contribution is 7.08. The largest absolute Gasteiger partial charge is 0.481 e. The summed E-state index contributed by atoms with van der Waals surface area (Å²) in [5, 5.41) is 15.5. The van der Waals surface area contributed by atoms with Crippen molar-refractivity contribution in [3.8, 4) is 0 Å². The third-order valence-electron chi connectivity index (χ3n) is 2.71. The highest BCUT2D eigenvalue weighted by Crippen LogP contribution is 2.14. The zero-order valence-corrected chi connectivity index (χ0v) is 11.7. The van der Waals surface area contributed by atoms with Crippen LogP contribution in [0.15, 0.2) is 10.8 Å². The quantitative estimate of drug-likeness (QED) is 0.834. The number of carboxylic acids is 1. The van der Waals surface area contributed by atoms with Gasteiger partial charge in [0.1, 0.15) is 0 Å². The van der Waals surface area contributed by atoms with Gasteiger partial charge in [-0.1, -0.05) is 13.8 Å². The van der Waals surface area contributed by atoms with Crippen LogP contribution in [0.1, 0.15) is 36.2 Å². The number of thiophene rings is 1. The first kappa shape index (κ1) is 14.7. The van der Waals surface area contributed by atoms with E-state index in [1.807, 2.05) is 26.2 Å². The number of hydrogen-bond donors (Lipinski definition) is 2. The predicted molar refractivity (Wildman–Crippen MR) is 72.0 cm³/mol. The molecule has 0 aliphatic heterocycles. The minimum Gasteiger partial charge on any atom is -0.481 e. The number of carboxylic acid groups (broad SMARTS) is 1. The summed E-state index contributed by atoms with van der Waals surface area (Å²) in [4.78, 5) is 22.9. The van der Waals surface area contributed by atoms with Gasteiger partial charge in [-0.05, 0) is 30.2 Å². The van der Waals surface area contributed by atoms with Gasteiger partial charge in [0.05, 0.1) is 11.5 Å². The molecule has 1 heterocycles. The number of carbonyl (C=O) groups is 2. The predicted octanol–water partition coefficient (Wildman–Crippen LogP) is 2.53. The standard InChI is InChI=1S/C13H19NO3S/c1-8(2)4-10(13(16)17)5-14-12(15)11-7-18-6-9(11)3/h6-8,10H,4-5H2,1-3H3,(H,14,15)(H,16,17). The number of rotatable bonds is 6. The summed E-state index contributed by atoms with van der Waals surface area (Å²) in [6.45, 7) is 6.00. The van der Waals surface area contributed by atoms with Gasteiger partial charge in [0.25, 0.3) is 5.91 Å². The first-order valence-electron chi connectivity index (χ1n) is 5.95. The Labute approximate surface area is 111 Å². The fourth-order valence-electron chi connectivity index (χ4n) is 1.74. The Balaban J connectivity index is 2.55. The molecule has 1 aromatic heterocycles. The number of aliphatic carboxylic acids is 1. The van der Waals surface area contributed by atoms with Crippen LogP contribution < -0.4 is 5.32 Å². The molecule has 1 unspecified atom stereocenters. The van der Waals surface area contributed by atoms with Gasteiger partial charge in [-0.3, -0.25) is 9.59 Å². The number of carbonyl (C=O) groups excluding carboxylic acids is 1. The second kappa shape index (κ2) is 6.54. The third-order valence-corrected chi connectivity index (χ3v) is 3.58. The van der Waals surface area contributed by atoms with Crippen molar-refractivity contribution in [2.24, 2.45) is 11.8 Å². The van der Waals surface area contributed by atoms with Crippen molar-refractivity contribution in [2.45, 2.75) is 27.2 Å². The normalized spacial score (nSPS) is 12.4. The third kappa shape index (κ3) is 4.14. The minimum absolute atomic E-state index is 0.182. The van der Waals surface area contributed by atoms with E-state index in [1.54, 1.807) is 5.38 Å². The molecular weight excluding hydrogens is 250 g/mol. The van der Waals surface area contributed by atoms with E-state index in [9.17, 15) is 9.59 Å². The van der Waals surface area contributed by atoms with Crippen LogP contribution in [0.25, 0.3) is 0 Å². The molecule has 0 aliphatic carbocycles. The summed E-state index contributed by atoms with van der Waals surface area (Å²) < 4.78 is 0. The zero-order chi connectivity index (χ0) is 13.7. The Bertz CT molecular complexity index is 426. The molecule has 0 spiro atoms. The van der Waals surface area contributed by atoms with E-state index in [-0.39, 0.29) is 12.5 Å². The Morgan fingerprint density at radius 2 is 2.06 bits per heavy atom. The average Bonchev–Trinajstić information content (AvgIpc) is 2.69. The van der Waals surface area contributed by atoms with E-state index >= 15 is 0 Å². The number of aryl methyl sites for hydroxylation is 1. The Morgan fingerprint density at radius 3 is 2.50 bits per heavy atom. The van der Waals surface area contributed by atoms with Crippen LogP contribution in [0.3, 0.4) is 0 Å². The summed E-state index contributed by atoms with van der Waals surface area (Å²) in [6.07, 6.45) is 0.568. The summed E-state index contributed by atoms with van der Waals surface area (Å²) in [5.74, 6) is -1.27. The van der Waals surface area contributed by atoms with Crippen molar-refractivity contribution < 1.29 is 14.7 Å². The zero-order valence-electron chi connectivity index (χ0n) is 10.9. The molecule has 18 heavy (non-hydrogen) atoms. The van der Waals surface area contributed by atoms with Crippen LogP contribution in [0.4, 0.5) is 0 Å². The van der Waals surface area contributed by atoms with Crippen LogP contribution in [0.2, 0.25) is 0 Å². The molecule has 5 heteroatoms. The van der Waals surface area contributed by atoms with Crippen LogP contribution in [0.5, 0.6) is 0 Å². The Hall–Kier alpha value is -1.36. The van der Waals surface area contributed by atoms with E-state index in [4.69, 9.17) is 5.11 Å². The summed E-state index contributed by atoms with van der Waals surface area (Å²) in [5.41, 5.74) is 1.56. The van der Waals surface area contributed by atoms with E-state index in [0.29, 0.717) is 17.9 Å². The molecule has 1 rings (SSSR count). The van der Waals surface area contributed by atoms with Gasteiger partial charge in [-0.25, -0.2) is 0 Å². The van der Waals surface area contributed by atoms with Crippen LogP contribution >= 0.6 is 11.3 Å².